The molecule has 4 nitrogen and oxygen atoms in total. The normalized spacial score (nSPS) is 20.5. The maximum Gasteiger partial charge on any atom is 0.323 e. The van der Waals surface area contributed by atoms with Crippen LogP contribution in [0.2, 0.25) is 5.15 Å². The molecule has 0 saturated carbocycles. The van der Waals surface area contributed by atoms with E-state index in [-0.39, 0.29) is 12.0 Å². The van der Waals surface area contributed by atoms with Gasteiger partial charge in [-0.1, -0.05) is 17.7 Å². The van der Waals surface area contributed by atoms with Crippen molar-refractivity contribution in [2.75, 3.05) is 13.7 Å². The topological polar surface area (TPSA) is 42.4 Å². The first kappa shape index (κ1) is 12.3. The zero-order valence-electron chi connectivity index (χ0n) is 9.73. The highest BCUT2D eigenvalue weighted by atomic mass is 35.5. The van der Waals surface area contributed by atoms with Crippen molar-refractivity contribution < 1.29 is 9.53 Å². The van der Waals surface area contributed by atoms with Gasteiger partial charge >= 0.3 is 5.97 Å². The predicted molar refractivity (Wildman–Crippen MR) is 64.7 cm³/mol. The number of nitrogens with zero attached hydrogens (tertiary/aromatic N) is 2. The van der Waals surface area contributed by atoms with Crippen LogP contribution < -0.4 is 0 Å². The Morgan fingerprint density at radius 2 is 2.53 bits per heavy atom. The maximum atomic E-state index is 11.6. The molecule has 0 aromatic carbocycles. The summed E-state index contributed by atoms with van der Waals surface area (Å²) in [6, 6.07) is 3.64. The highest BCUT2D eigenvalue weighted by Crippen LogP contribution is 2.23. The van der Waals surface area contributed by atoms with Crippen LogP contribution >= 0.6 is 11.6 Å². The van der Waals surface area contributed by atoms with Crippen molar-refractivity contribution in [3.05, 3.63) is 29.0 Å². The number of likely N-dealkylation sites (tertiary alicyclic amines) is 1. The SMILES string of the molecule is COC(=O)C1CCCN1Cc1cccnc1Cl. The Balaban J connectivity index is 2.08. The average molecular weight is 255 g/mol. The molecular weight excluding hydrogens is 240 g/mol. The number of carbonyl (C=O) groups is 1. The van der Waals surface area contributed by atoms with E-state index in [2.05, 4.69) is 9.88 Å². The lowest BCUT2D eigenvalue weighted by Crippen LogP contribution is -2.36. The molecule has 0 bridgehead atoms. The minimum absolute atomic E-state index is 0.142. The minimum Gasteiger partial charge on any atom is -0.468 e. The number of esters is 1. The lowest BCUT2D eigenvalue weighted by Gasteiger charge is -2.22. The van der Waals surface area contributed by atoms with E-state index < -0.39 is 0 Å². The Kier molecular flexibility index (Phi) is 3.97. The molecule has 92 valence electrons. The fraction of sp³-hybridized carbons (Fsp3) is 0.500. The quantitative estimate of drug-likeness (QED) is 0.610. The second-order valence-corrected chi connectivity index (χ2v) is 4.46. The number of ether oxygens (including phenoxy) is 1. The van der Waals surface area contributed by atoms with E-state index in [1.807, 2.05) is 12.1 Å². The second-order valence-electron chi connectivity index (χ2n) is 4.10. The third kappa shape index (κ3) is 2.76. The van der Waals surface area contributed by atoms with Crippen LogP contribution in [0.1, 0.15) is 18.4 Å². The monoisotopic (exact) mass is 254 g/mol. The zero-order valence-corrected chi connectivity index (χ0v) is 10.5. The first-order valence-electron chi connectivity index (χ1n) is 5.63. The Labute approximate surface area is 106 Å². The van der Waals surface area contributed by atoms with Crippen molar-refractivity contribution in [2.45, 2.75) is 25.4 Å². The lowest BCUT2D eigenvalue weighted by atomic mass is 10.2. The third-order valence-corrected chi connectivity index (χ3v) is 3.39. The number of pyridine rings is 1. The summed E-state index contributed by atoms with van der Waals surface area (Å²) in [4.78, 5) is 17.7. The smallest absolute Gasteiger partial charge is 0.323 e. The number of hydrogen-bond donors (Lipinski definition) is 0. The number of aromatic nitrogens is 1. The Morgan fingerprint density at radius 1 is 1.71 bits per heavy atom. The van der Waals surface area contributed by atoms with Crippen molar-refractivity contribution >= 4 is 17.6 Å². The molecule has 0 N–H and O–H groups in total. The summed E-state index contributed by atoms with van der Waals surface area (Å²) in [5.74, 6) is -0.164. The minimum atomic E-state index is -0.164. The molecule has 1 fully saturated rings. The van der Waals surface area contributed by atoms with E-state index in [0.717, 1.165) is 24.9 Å². The van der Waals surface area contributed by atoms with Crippen LogP contribution in [0, 0.1) is 0 Å². The molecule has 1 saturated heterocycles. The summed E-state index contributed by atoms with van der Waals surface area (Å²) < 4.78 is 4.80. The molecular formula is C12H15ClN2O2. The molecule has 1 aliphatic rings. The molecule has 0 aliphatic carbocycles. The first-order valence-corrected chi connectivity index (χ1v) is 6.01. The Bertz CT molecular complexity index is 411. The van der Waals surface area contributed by atoms with Crippen LogP contribution in [0.4, 0.5) is 0 Å². The predicted octanol–water partition coefficient (Wildman–Crippen LogP) is 1.87. The molecule has 1 atom stereocenters. The van der Waals surface area contributed by atoms with E-state index >= 15 is 0 Å². The molecule has 5 heteroatoms. The van der Waals surface area contributed by atoms with Gasteiger partial charge in [0.25, 0.3) is 0 Å². The lowest BCUT2D eigenvalue weighted by molar-refractivity contribution is -0.146. The zero-order chi connectivity index (χ0) is 12.3. The molecule has 0 spiro atoms. The van der Waals surface area contributed by atoms with Crippen LogP contribution in [-0.4, -0.2) is 35.5 Å². The largest absolute Gasteiger partial charge is 0.468 e. The third-order valence-electron chi connectivity index (χ3n) is 3.05. The van der Waals surface area contributed by atoms with Crippen molar-refractivity contribution in [1.82, 2.24) is 9.88 Å². The Morgan fingerprint density at radius 3 is 3.24 bits per heavy atom. The van der Waals surface area contributed by atoms with E-state index in [1.165, 1.54) is 7.11 Å². The maximum absolute atomic E-state index is 11.6. The average Bonchev–Trinajstić information content (AvgIpc) is 2.79. The van der Waals surface area contributed by atoms with Gasteiger partial charge in [0.2, 0.25) is 0 Å². The van der Waals surface area contributed by atoms with Gasteiger partial charge in [0.1, 0.15) is 11.2 Å². The fourth-order valence-corrected chi connectivity index (χ4v) is 2.35. The highest BCUT2D eigenvalue weighted by molar-refractivity contribution is 6.30. The Hall–Kier alpha value is -1.13. The van der Waals surface area contributed by atoms with Crippen molar-refractivity contribution in [1.29, 1.82) is 0 Å². The summed E-state index contributed by atoms with van der Waals surface area (Å²) in [5, 5.41) is 0.503. The van der Waals surface area contributed by atoms with E-state index in [9.17, 15) is 4.79 Å². The van der Waals surface area contributed by atoms with Gasteiger partial charge in [-0.05, 0) is 25.5 Å². The molecule has 0 radical (unpaired) electrons. The van der Waals surface area contributed by atoms with Gasteiger partial charge in [-0.2, -0.15) is 0 Å². The molecule has 0 amide bonds. The molecule has 1 aromatic rings. The van der Waals surface area contributed by atoms with Crippen molar-refractivity contribution in [3.63, 3.8) is 0 Å². The summed E-state index contributed by atoms with van der Waals surface area (Å²) in [5.41, 5.74) is 0.949. The number of carbonyl (C=O) groups excluding carboxylic acids is 1. The van der Waals surface area contributed by atoms with E-state index in [1.54, 1.807) is 6.20 Å². The van der Waals surface area contributed by atoms with Crippen LogP contribution in [0.15, 0.2) is 18.3 Å². The van der Waals surface area contributed by atoms with Gasteiger partial charge in [-0.25, -0.2) is 4.98 Å². The number of halogens is 1. The summed E-state index contributed by atoms with van der Waals surface area (Å²) in [7, 11) is 1.43. The molecule has 1 aliphatic heterocycles. The highest BCUT2D eigenvalue weighted by Gasteiger charge is 2.31. The van der Waals surface area contributed by atoms with Crippen molar-refractivity contribution in [3.8, 4) is 0 Å². The summed E-state index contributed by atoms with van der Waals surface area (Å²) in [6.07, 6.45) is 3.52. The molecule has 1 aromatic heterocycles. The van der Waals surface area contributed by atoms with Crippen molar-refractivity contribution in [2.24, 2.45) is 0 Å². The van der Waals surface area contributed by atoms with Crippen LogP contribution in [0.3, 0.4) is 0 Å². The molecule has 2 rings (SSSR count). The van der Waals surface area contributed by atoms with Gasteiger partial charge in [0.05, 0.1) is 7.11 Å². The first-order chi connectivity index (χ1) is 8.22. The van der Waals surface area contributed by atoms with Crippen LogP contribution in [-0.2, 0) is 16.1 Å². The van der Waals surface area contributed by atoms with E-state index in [4.69, 9.17) is 16.3 Å². The standard InChI is InChI=1S/C12H15ClN2O2/c1-17-12(16)10-5-3-7-15(10)8-9-4-2-6-14-11(9)13/h2,4,6,10H,3,5,7-8H2,1H3. The van der Waals surface area contributed by atoms with Gasteiger partial charge in [-0.3, -0.25) is 9.69 Å². The number of rotatable bonds is 3. The molecule has 17 heavy (non-hydrogen) atoms. The van der Waals surface area contributed by atoms with Gasteiger partial charge in [0, 0.05) is 18.3 Å². The summed E-state index contributed by atoms with van der Waals surface area (Å²) in [6.45, 7) is 1.54. The van der Waals surface area contributed by atoms with Gasteiger partial charge in [-0.15, -0.1) is 0 Å². The second kappa shape index (κ2) is 5.47. The number of hydrogen-bond acceptors (Lipinski definition) is 4. The van der Waals surface area contributed by atoms with Gasteiger partial charge in [0.15, 0.2) is 0 Å². The van der Waals surface area contributed by atoms with E-state index in [0.29, 0.717) is 11.7 Å². The fourth-order valence-electron chi connectivity index (χ4n) is 2.17. The molecule has 2 heterocycles. The van der Waals surface area contributed by atoms with Crippen LogP contribution in [0.5, 0.6) is 0 Å². The molecule has 1 unspecified atom stereocenters. The summed E-state index contributed by atoms with van der Waals surface area (Å²) >= 11 is 6.01. The van der Waals surface area contributed by atoms with Gasteiger partial charge < -0.3 is 4.74 Å². The number of methoxy groups -OCH3 is 1. The van der Waals surface area contributed by atoms with Crippen LogP contribution in [0.25, 0.3) is 0 Å².